The SMILES string of the molecule is N[C@H]1CC[C@H](NCCC2c3cccc(c3)Cn3nccc3-c3ccc4c(c3)c2cn4C2CCCCC2)CC1. The predicted molar refractivity (Wildman–Crippen MR) is 156 cm³/mol. The summed E-state index contributed by atoms with van der Waals surface area (Å²) >= 11 is 0. The van der Waals surface area contributed by atoms with Gasteiger partial charge in [0, 0.05) is 52.9 Å². The molecule has 0 saturated heterocycles. The van der Waals surface area contributed by atoms with Crippen molar-refractivity contribution >= 4 is 10.9 Å². The van der Waals surface area contributed by atoms with Crippen LogP contribution in [0.4, 0.5) is 0 Å². The number of nitrogens with one attached hydrogen (secondary N) is 1. The van der Waals surface area contributed by atoms with Crippen molar-refractivity contribution in [2.24, 2.45) is 5.73 Å². The molecule has 5 nitrogen and oxygen atoms in total. The molecule has 0 amide bonds. The third-order valence-electron chi connectivity index (χ3n) is 9.54. The van der Waals surface area contributed by atoms with E-state index in [0.29, 0.717) is 24.0 Å². The summed E-state index contributed by atoms with van der Waals surface area (Å²) in [7, 11) is 0. The molecule has 1 aliphatic heterocycles. The van der Waals surface area contributed by atoms with Gasteiger partial charge in [-0.15, -0.1) is 0 Å². The third-order valence-corrected chi connectivity index (χ3v) is 9.54. The lowest BCUT2D eigenvalue weighted by molar-refractivity contribution is 0.340. The molecule has 2 fully saturated rings. The van der Waals surface area contributed by atoms with E-state index in [2.05, 4.69) is 69.3 Å². The van der Waals surface area contributed by atoms with E-state index in [4.69, 9.17) is 10.8 Å². The molecular weight excluding hydrogens is 466 g/mol. The van der Waals surface area contributed by atoms with Crippen LogP contribution in [0, 0.1) is 0 Å². The molecule has 2 aliphatic carbocycles. The van der Waals surface area contributed by atoms with Gasteiger partial charge in [-0.3, -0.25) is 4.68 Å². The van der Waals surface area contributed by atoms with Crippen molar-refractivity contribution in [1.82, 2.24) is 19.7 Å². The number of nitrogens with zero attached hydrogens (tertiary/aromatic N) is 3. The lowest BCUT2D eigenvalue weighted by atomic mass is 9.86. The quantitative estimate of drug-likeness (QED) is 0.314. The van der Waals surface area contributed by atoms with E-state index in [0.717, 1.165) is 32.4 Å². The highest BCUT2D eigenvalue weighted by Gasteiger charge is 2.26. The van der Waals surface area contributed by atoms with Crippen molar-refractivity contribution in [2.45, 2.75) is 94.8 Å². The van der Waals surface area contributed by atoms with Crippen LogP contribution >= 0.6 is 0 Å². The van der Waals surface area contributed by atoms with Gasteiger partial charge in [-0.05, 0) is 86.4 Å². The topological polar surface area (TPSA) is 60.8 Å². The second-order valence-corrected chi connectivity index (χ2v) is 12.0. The van der Waals surface area contributed by atoms with Gasteiger partial charge >= 0.3 is 0 Å². The van der Waals surface area contributed by atoms with Crippen LogP contribution in [0.5, 0.6) is 0 Å². The number of hydrogen-bond donors (Lipinski definition) is 2. The summed E-state index contributed by atoms with van der Waals surface area (Å²) < 4.78 is 4.80. The molecule has 3 N–H and O–H groups in total. The van der Waals surface area contributed by atoms with Crippen LogP contribution in [0.15, 0.2) is 60.9 Å². The van der Waals surface area contributed by atoms with Gasteiger partial charge in [0.2, 0.25) is 0 Å². The molecule has 38 heavy (non-hydrogen) atoms. The maximum Gasteiger partial charge on any atom is 0.0686 e. The van der Waals surface area contributed by atoms with Crippen molar-refractivity contribution in [3.63, 3.8) is 0 Å². The van der Waals surface area contributed by atoms with E-state index in [9.17, 15) is 0 Å². The van der Waals surface area contributed by atoms with Gasteiger partial charge < -0.3 is 15.6 Å². The Hall–Kier alpha value is -2.89. The number of hydrogen-bond acceptors (Lipinski definition) is 3. The lowest BCUT2D eigenvalue weighted by Crippen LogP contribution is -2.38. The smallest absolute Gasteiger partial charge is 0.0686 e. The molecule has 2 saturated carbocycles. The van der Waals surface area contributed by atoms with Gasteiger partial charge in [-0.2, -0.15) is 5.10 Å². The molecule has 0 radical (unpaired) electrons. The lowest BCUT2D eigenvalue weighted by Gasteiger charge is -2.28. The zero-order chi connectivity index (χ0) is 25.5. The van der Waals surface area contributed by atoms with Gasteiger partial charge in [-0.25, -0.2) is 0 Å². The van der Waals surface area contributed by atoms with Gasteiger partial charge in [0.15, 0.2) is 0 Å². The van der Waals surface area contributed by atoms with Crippen LogP contribution in [0.25, 0.3) is 22.2 Å². The molecule has 4 aromatic rings. The van der Waals surface area contributed by atoms with Crippen molar-refractivity contribution in [3.05, 3.63) is 77.6 Å². The largest absolute Gasteiger partial charge is 0.344 e. The number of nitrogens with two attached hydrogens (primary N) is 1. The fourth-order valence-corrected chi connectivity index (χ4v) is 7.42. The molecular formula is C33H41N5. The minimum absolute atomic E-state index is 0.362. The van der Waals surface area contributed by atoms with Crippen molar-refractivity contribution in [2.75, 3.05) is 6.54 Å². The molecule has 5 heteroatoms. The van der Waals surface area contributed by atoms with Gasteiger partial charge in [0.1, 0.15) is 0 Å². The Morgan fingerprint density at radius 3 is 2.66 bits per heavy atom. The molecule has 2 aromatic heterocycles. The molecule has 0 spiro atoms. The maximum atomic E-state index is 6.17. The first-order valence-electron chi connectivity index (χ1n) is 15.0. The highest BCUT2D eigenvalue weighted by Crippen LogP contribution is 2.41. The predicted octanol–water partition coefficient (Wildman–Crippen LogP) is 6.75. The number of benzene rings is 2. The van der Waals surface area contributed by atoms with Crippen LogP contribution in [0.1, 0.15) is 92.9 Å². The van der Waals surface area contributed by atoms with E-state index in [1.165, 1.54) is 83.8 Å². The highest BCUT2D eigenvalue weighted by molar-refractivity contribution is 5.89. The maximum absolute atomic E-state index is 6.17. The zero-order valence-electron chi connectivity index (χ0n) is 22.5. The van der Waals surface area contributed by atoms with E-state index in [-0.39, 0.29) is 0 Å². The average molecular weight is 508 g/mol. The summed E-state index contributed by atoms with van der Waals surface area (Å²) in [5.41, 5.74) is 14.3. The molecule has 7 rings (SSSR count). The second-order valence-electron chi connectivity index (χ2n) is 12.0. The summed E-state index contributed by atoms with van der Waals surface area (Å²) in [6.07, 6.45) is 16.9. The third kappa shape index (κ3) is 4.60. The average Bonchev–Trinajstić information content (AvgIpc) is 3.57. The summed E-state index contributed by atoms with van der Waals surface area (Å²) in [5, 5.41) is 10.0. The minimum Gasteiger partial charge on any atom is -0.344 e. The van der Waals surface area contributed by atoms with E-state index in [1.807, 2.05) is 6.20 Å². The first-order chi connectivity index (χ1) is 18.7. The Balaban J connectivity index is 1.32. The van der Waals surface area contributed by atoms with Gasteiger partial charge in [0.05, 0.1) is 12.2 Å². The second kappa shape index (κ2) is 10.3. The normalized spacial score (nSPS) is 23.9. The molecule has 198 valence electrons. The number of rotatable bonds is 5. The summed E-state index contributed by atoms with van der Waals surface area (Å²) in [4.78, 5) is 0. The van der Waals surface area contributed by atoms with Crippen LogP contribution < -0.4 is 11.1 Å². The molecule has 4 bridgehead atoms. The molecule has 1 unspecified atom stereocenters. The fraction of sp³-hybridized carbons (Fsp3) is 0.485. The Bertz CT molecular complexity index is 1400. The first-order valence-corrected chi connectivity index (χ1v) is 15.0. The first kappa shape index (κ1) is 24.2. The van der Waals surface area contributed by atoms with Crippen LogP contribution in [0.3, 0.4) is 0 Å². The Labute approximate surface area is 226 Å². The van der Waals surface area contributed by atoms with E-state index < -0.39 is 0 Å². The molecule has 1 atom stereocenters. The summed E-state index contributed by atoms with van der Waals surface area (Å²) in [6.45, 7) is 1.83. The minimum atomic E-state index is 0.362. The van der Waals surface area contributed by atoms with Gasteiger partial charge in [-0.1, -0.05) is 49.6 Å². The Morgan fingerprint density at radius 2 is 1.79 bits per heavy atom. The van der Waals surface area contributed by atoms with Crippen molar-refractivity contribution in [3.8, 4) is 11.3 Å². The van der Waals surface area contributed by atoms with Crippen molar-refractivity contribution < 1.29 is 0 Å². The number of fused-ring (bicyclic) bond motifs is 5. The standard InChI is InChI=1S/C33H41N5/c34-26-10-12-27(13-11-26)35-17-15-29-24-6-4-5-23(19-24)21-38-32(16-18-36-38)25-9-14-33-30(20-25)31(29)22-37(33)28-7-2-1-3-8-28/h4-6,9,14,16,18-20,22,26-29,35H,1-3,7-8,10-13,15,17,21,34H2/t26-,27-,29?. The Morgan fingerprint density at radius 1 is 0.921 bits per heavy atom. The molecule has 3 aliphatic rings. The molecule has 3 heterocycles. The monoisotopic (exact) mass is 507 g/mol. The van der Waals surface area contributed by atoms with Gasteiger partial charge in [0.25, 0.3) is 0 Å². The van der Waals surface area contributed by atoms with Crippen LogP contribution in [0.2, 0.25) is 0 Å². The fourth-order valence-electron chi connectivity index (χ4n) is 7.42. The Kier molecular flexibility index (Phi) is 6.58. The highest BCUT2D eigenvalue weighted by atomic mass is 15.3. The summed E-state index contributed by atoms with van der Waals surface area (Å²) in [5.74, 6) is 0.362. The van der Waals surface area contributed by atoms with Crippen LogP contribution in [-0.4, -0.2) is 33.0 Å². The van der Waals surface area contributed by atoms with Crippen LogP contribution in [-0.2, 0) is 6.54 Å². The number of aromatic nitrogens is 3. The molecule has 2 aromatic carbocycles. The zero-order valence-corrected chi connectivity index (χ0v) is 22.5. The van der Waals surface area contributed by atoms with Crippen molar-refractivity contribution in [1.29, 1.82) is 0 Å². The van der Waals surface area contributed by atoms with E-state index >= 15 is 0 Å². The van der Waals surface area contributed by atoms with E-state index in [1.54, 1.807) is 0 Å². The summed E-state index contributed by atoms with van der Waals surface area (Å²) in [6, 6.07) is 20.2.